The summed E-state index contributed by atoms with van der Waals surface area (Å²) >= 11 is 0. The Hall–Kier alpha value is -2.67. The zero-order valence-corrected chi connectivity index (χ0v) is 19.4. The molecule has 1 aliphatic rings. The van der Waals surface area contributed by atoms with Gasteiger partial charge in [0.1, 0.15) is 12.4 Å². The summed E-state index contributed by atoms with van der Waals surface area (Å²) in [6.45, 7) is 18.2. The van der Waals surface area contributed by atoms with Crippen molar-refractivity contribution in [1.82, 2.24) is 24.6 Å². The maximum Gasteiger partial charge on any atom is 2.00 e. The third-order valence-corrected chi connectivity index (χ3v) is 4.41. The molecule has 0 fully saturated rings. The van der Waals surface area contributed by atoms with Gasteiger partial charge in [-0.25, -0.2) is 0 Å². The van der Waals surface area contributed by atoms with E-state index in [1.54, 1.807) is 23.8 Å². The van der Waals surface area contributed by atoms with E-state index in [0.717, 1.165) is 5.57 Å². The average Bonchev–Trinajstić information content (AvgIpc) is 3.27. The van der Waals surface area contributed by atoms with Crippen molar-refractivity contribution in [1.29, 1.82) is 0 Å². The Labute approximate surface area is 184 Å². The molecular formula is C19H23N7O2W. The number of nitrogens with one attached hydrogen (secondary N) is 1. The van der Waals surface area contributed by atoms with E-state index in [-0.39, 0.29) is 33.5 Å². The van der Waals surface area contributed by atoms with Crippen molar-refractivity contribution < 1.29 is 30.3 Å². The summed E-state index contributed by atoms with van der Waals surface area (Å²) in [6.07, 6.45) is 3.43. The number of anilines is 2. The molecule has 2 aromatic heterocycles. The molecule has 0 aromatic carbocycles. The first kappa shape index (κ1) is 22.6. The largest absolute Gasteiger partial charge is 2.00 e. The number of nitrogens with zero attached hydrogens (tertiary/aromatic N) is 6. The topological polar surface area (TPSA) is 92.3 Å². The summed E-state index contributed by atoms with van der Waals surface area (Å²) < 4.78 is 7.48. The van der Waals surface area contributed by atoms with Crippen LogP contribution >= 0.6 is 0 Å². The van der Waals surface area contributed by atoms with Crippen molar-refractivity contribution in [3.63, 3.8) is 0 Å². The van der Waals surface area contributed by atoms with E-state index < -0.39 is 0 Å². The molecule has 0 spiro atoms. The molecule has 0 aliphatic carbocycles. The van der Waals surface area contributed by atoms with Gasteiger partial charge < -0.3 is 28.5 Å². The molecule has 3 rings (SSSR count). The van der Waals surface area contributed by atoms with Crippen LogP contribution in [0.2, 0.25) is 0 Å². The van der Waals surface area contributed by atoms with Crippen LogP contribution in [0.15, 0.2) is 35.5 Å². The van der Waals surface area contributed by atoms with E-state index >= 15 is 0 Å². The molecule has 0 radical (unpaired) electrons. The van der Waals surface area contributed by atoms with Crippen molar-refractivity contribution in [2.24, 2.45) is 0 Å². The molecular weight excluding hydrogens is 542 g/mol. The van der Waals surface area contributed by atoms with Gasteiger partial charge in [0, 0.05) is 12.6 Å². The first-order chi connectivity index (χ1) is 13.4. The fourth-order valence-corrected chi connectivity index (χ4v) is 2.81. The second-order valence-corrected chi connectivity index (χ2v) is 6.20. The monoisotopic (exact) mass is 565 g/mol. The Morgan fingerprint density at radius 3 is 2.66 bits per heavy atom. The van der Waals surface area contributed by atoms with Crippen LogP contribution in [0.1, 0.15) is 29.2 Å². The fraction of sp³-hybridized carbons (Fsp3) is 0.263. The van der Waals surface area contributed by atoms with E-state index in [2.05, 4.69) is 47.5 Å². The number of hydrogen-bond donors (Lipinski definition) is 1. The van der Waals surface area contributed by atoms with Gasteiger partial charge in [-0.3, -0.25) is 14.3 Å². The van der Waals surface area contributed by atoms with E-state index in [9.17, 15) is 4.79 Å². The molecule has 29 heavy (non-hydrogen) atoms. The fourth-order valence-electron chi connectivity index (χ4n) is 2.81. The van der Waals surface area contributed by atoms with Gasteiger partial charge in [0.25, 0.3) is 5.91 Å². The van der Waals surface area contributed by atoms with E-state index in [1.807, 2.05) is 11.8 Å². The Balaban J connectivity index is 0.00000300. The minimum Gasteiger partial charge on any atom is -0.419 e. The SMILES string of the molecule is C=C/C=C(\C)c1nnc(Cn2c(N(C[CH2-])C[CH2-])nc3c2C(=O)N(C)C(=C)N3)o1.[W+2]. The van der Waals surface area contributed by atoms with Crippen LogP contribution < -0.4 is 10.2 Å². The molecule has 3 heterocycles. The summed E-state index contributed by atoms with van der Waals surface area (Å²) in [4.78, 5) is 20.7. The normalized spacial score (nSPS) is 13.7. The molecule has 0 atom stereocenters. The number of aromatic nitrogens is 4. The molecule has 10 heteroatoms. The second-order valence-electron chi connectivity index (χ2n) is 6.20. The molecule has 1 N–H and O–H groups in total. The Morgan fingerprint density at radius 2 is 2.03 bits per heavy atom. The van der Waals surface area contributed by atoms with Crippen LogP contribution in [0.3, 0.4) is 0 Å². The van der Waals surface area contributed by atoms with Gasteiger partial charge in [-0.2, -0.15) is 4.98 Å². The Morgan fingerprint density at radius 1 is 1.34 bits per heavy atom. The third-order valence-electron chi connectivity index (χ3n) is 4.41. The quantitative estimate of drug-likeness (QED) is 0.407. The maximum absolute atomic E-state index is 12.9. The third kappa shape index (κ3) is 4.19. The minimum atomic E-state index is -0.229. The summed E-state index contributed by atoms with van der Waals surface area (Å²) in [5.41, 5.74) is 1.18. The average molecular weight is 565 g/mol. The van der Waals surface area contributed by atoms with E-state index in [1.165, 1.54) is 4.90 Å². The smallest absolute Gasteiger partial charge is 0.419 e. The van der Waals surface area contributed by atoms with Crippen LogP contribution in [0.5, 0.6) is 0 Å². The number of fused-ring (bicyclic) bond motifs is 1. The summed E-state index contributed by atoms with van der Waals surface area (Å²) in [6, 6.07) is 0. The maximum atomic E-state index is 12.9. The van der Waals surface area contributed by atoms with Crippen molar-refractivity contribution in [2.45, 2.75) is 13.5 Å². The van der Waals surface area contributed by atoms with Crippen molar-refractivity contribution in [3.05, 3.63) is 62.5 Å². The molecule has 0 bridgehead atoms. The second kappa shape index (κ2) is 9.22. The summed E-state index contributed by atoms with van der Waals surface area (Å²) in [5.74, 6) is 1.94. The molecule has 9 nitrogen and oxygen atoms in total. The van der Waals surface area contributed by atoms with Crippen LogP contribution in [-0.2, 0) is 27.6 Å². The number of amides is 1. The standard InChI is InChI=1S/C19H23N7O2.W/c1-7-10-12(4)17-23-22-14(28-17)11-26-15-16(20-13(5)24(6)18(15)27)21-19(26)25(8-2)9-3;/h7,10,20H,1-3,5,8-9,11H2,4,6H3;/q-2;+2/b12-10+;. The van der Waals surface area contributed by atoms with Crippen LogP contribution in [0.4, 0.5) is 11.8 Å². The van der Waals surface area contributed by atoms with Gasteiger partial charge in [-0.05, 0) is 6.92 Å². The Kier molecular flexibility index (Phi) is 7.19. The number of carbonyl (C=O) groups excluding carboxylic acids is 1. The van der Waals surface area contributed by atoms with Gasteiger partial charge in [-0.15, -0.1) is 23.3 Å². The summed E-state index contributed by atoms with van der Waals surface area (Å²) in [5, 5.41) is 11.2. The van der Waals surface area contributed by atoms with Crippen molar-refractivity contribution >= 4 is 23.2 Å². The number of imidazole rings is 1. The number of carbonyl (C=O) groups is 1. The molecule has 152 valence electrons. The number of allylic oxidation sites excluding steroid dienone is 3. The van der Waals surface area contributed by atoms with Crippen molar-refractivity contribution in [2.75, 3.05) is 30.4 Å². The predicted octanol–water partition coefficient (Wildman–Crippen LogP) is 2.34. The zero-order valence-electron chi connectivity index (χ0n) is 16.5. The van der Waals surface area contributed by atoms with Gasteiger partial charge in [0.05, 0.1) is 0 Å². The van der Waals surface area contributed by atoms with Crippen LogP contribution in [0, 0.1) is 13.8 Å². The van der Waals surface area contributed by atoms with Gasteiger partial charge in [0.15, 0.2) is 11.5 Å². The molecule has 1 amide bonds. The zero-order chi connectivity index (χ0) is 20.4. The number of hydrogen-bond acceptors (Lipinski definition) is 7. The molecule has 0 unspecified atom stereocenters. The van der Waals surface area contributed by atoms with E-state index in [4.69, 9.17) is 4.42 Å². The van der Waals surface area contributed by atoms with Gasteiger partial charge in [0.2, 0.25) is 17.7 Å². The molecule has 0 saturated heterocycles. The van der Waals surface area contributed by atoms with E-state index in [0.29, 0.717) is 48.2 Å². The summed E-state index contributed by atoms with van der Waals surface area (Å²) in [7, 11) is 1.65. The Bertz CT molecular complexity index is 956. The minimum absolute atomic E-state index is 0. The predicted molar refractivity (Wildman–Crippen MR) is 107 cm³/mol. The molecule has 1 aliphatic heterocycles. The molecule has 0 saturated carbocycles. The first-order valence-electron chi connectivity index (χ1n) is 8.71. The van der Waals surface area contributed by atoms with Gasteiger partial charge >= 0.3 is 21.1 Å². The first-order valence-corrected chi connectivity index (χ1v) is 8.71. The van der Waals surface area contributed by atoms with Crippen molar-refractivity contribution in [3.8, 4) is 0 Å². The van der Waals surface area contributed by atoms with Crippen LogP contribution in [0.25, 0.3) is 5.57 Å². The molecule has 2 aromatic rings. The van der Waals surface area contributed by atoms with Gasteiger partial charge in [-0.1, -0.05) is 25.3 Å². The van der Waals surface area contributed by atoms with Crippen LogP contribution in [-0.4, -0.2) is 50.7 Å². The number of rotatable bonds is 7.